The summed E-state index contributed by atoms with van der Waals surface area (Å²) in [5.74, 6) is 0. The third kappa shape index (κ3) is 2.48. The largest absolute Gasteiger partial charge is 0.336 e. The number of nitro groups is 1. The van der Waals surface area contributed by atoms with Crippen molar-refractivity contribution in [2.75, 3.05) is 20.6 Å². The van der Waals surface area contributed by atoms with Gasteiger partial charge in [-0.05, 0) is 32.3 Å². The zero-order valence-corrected chi connectivity index (χ0v) is 15.2. The molecule has 2 aromatic heterocycles. The molecule has 9 heteroatoms. The van der Waals surface area contributed by atoms with Gasteiger partial charge in [-0.25, -0.2) is 4.79 Å². The van der Waals surface area contributed by atoms with Crippen molar-refractivity contribution in [3.05, 3.63) is 77.6 Å². The van der Waals surface area contributed by atoms with Crippen LogP contribution < -0.4 is 16.7 Å². The number of aromatic nitrogens is 2. The van der Waals surface area contributed by atoms with Crippen molar-refractivity contribution in [1.29, 1.82) is 0 Å². The van der Waals surface area contributed by atoms with E-state index in [-0.39, 0.29) is 39.4 Å². The van der Waals surface area contributed by atoms with E-state index in [1.54, 1.807) is 12.1 Å². The van der Waals surface area contributed by atoms with Crippen LogP contribution in [-0.2, 0) is 6.54 Å². The smallest absolute Gasteiger partial charge is 0.308 e. The standard InChI is InChI=1S/C19H16N4O5/c1-20(2)8-9-21-18(25)13-5-3-4-12-16(13)22(19(21)26)15-7-6-11(23(27)28)10-14(15)17(12)24/h3-7,10H,8-9H2,1-2H3. The molecule has 0 saturated carbocycles. The number of pyridine rings is 1. The summed E-state index contributed by atoms with van der Waals surface area (Å²) in [4.78, 5) is 51.4. The number of para-hydroxylation sites is 1. The van der Waals surface area contributed by atoms with Crippen molar-refractivity contribution < 1.29 is 4.92 Å². The third-order valence-electron chi connectivity index (χ3n) is 4.85. The molecule has 2 aromatic carbocycles. The molecule has 0 aliphatic heterocycles. The van der Waals surface area contributed by atoms with E-state index in [0.717, 1.165) is 4.57 Å². The van der Waals surface area contributed by atoms with E-state index in [2.05, 4.69) is 0 Å². The van der Waals surface area contributed by atoms with Crippen molar-refractivity contribution in [3.63, 3.8) is 0 Å². The van der Waals surface area contributed by atoms with Gasteiger partial charge in [0.25, 0.3) is 11.2 Å². The molecule has 28 heavy (non-hydrogen) atoms. The summed E-state index contributed by atoms with van der Waals surface area (Å²) >= 11 is 0. The molecule has 0 aliphatic carbocycles. The number of hydrogen-bond acceptors (Lipinski definition) is 6. The molecule has 0 amide bonds. The van der Waals surface area contributed by atoms with Crippen molar-refractivity contribution in [2.24, 2.45) is 0 Å². The average Bonchev–Trinajstić information content (AvgIpc) is 2.66. The Kier molecular flexibility index (Phi) is 3.97. The van der Waals surface area contributed by atoms with Gasteiger partial charge >= 0.3 is 5.69 Å². The van der Waals surface area contributed by atoms with Crippen LogP contribution >= 0.6 is 0 Å². The number of nitro benzene ring substituents is 1. The SMILES string of the molecule is CN(C)CCn1c(=O)c2cccc3c(=O)c4cc([N+](=O)[O-])ccc4n(c1=O)c32. The third-order valence-corrected chi connectivity index (χ3v) is 4.85. The molecule has 0 atom stereocenters. The van der Waals surface area contributed by atoms with Crippen LogP contribution in [0.15, 0.2) is 50.8 Å². The van der Waals surface area contributed by atoms with Crippen LogP contribution in [0.2, 0.25) is 0 Å². The lowest BCUT2D eigenvalue weighted by molar-refractivity contribution is -0.384. The van der Waals surface area contributed by atoms with E-state index in [0.29, 0.717) is 6.54 Å². The topological polar surface area (TPSA) is 107 Å². The van der Waals surface area contributed by atoms with E-state index in [1.165, 1.54) is 28.7 Å². The molecule has 0 N–H and O–H groups in total. The van der Waals surface area contributed by atoms with E-state index >= 15 is 0 Å². The zero-order chi connectivity index (χ0) is 20.2. The van der Waals surface area contributed by atoms with Crippen LogP contribution in [0.3, 0.4) is 0 Å². The summed E-state index contributed by atoms with van der Waals surface area (Å²) in [6, 6.07) is 8.46. The average molecular weight is 380 g/mol. The molecule has 2 heterocycles. The lowest BCUT2D eigenvalue weighted by atomic mass is 10.1. The van der Waals surface area contributed by atoms with Crippen LogP contribution in [0.4, 0.5) is 5.69 Å². The van der Waals surface area contributed by atoms with Crippen LogP contribution in [0, 0.1) is 10.1 Å². The highest BCUT2D eigenvalue weighted by molar-refractivity contribution is 6.02. The Bertz CT molecular complexity index is 1430. The minimum atomic E-state index is -0.593. The Labute approximate surface area is 157 Å². The maximum Gasteiger partial charge on any atom is 0.336 e. The molecular weight excluding hydrogens is 364 g/mol. The highest BCUT2D eigenvalue weighted by Crippen LogP contribution is 2.23. The monoisotopic (exact) mass is 380 g/mol. The van der Waals surface area contributed by atoms with Crippen LogP contribution in [0.5, 0.6) is 0 Å². The van der Waals surface area contributed by atoms with Crippen LogP contribution in [0.25, 0.3) is 27.2 Å². The van der Waals surface area contributed by atoms with Gasteiger partial charge in [0.2, 0.25) is 0 Å². The minimum absolute atomic E-state index is 0.0640. The molecule has 9 nitrogen and oxygen atoms in total. The summed E-state index contributed by atoms with van der Waals surface area (Å²) in [7, 11) is 3.66. The summed E-state index contributed by atoms with van der Waals surface area (Å²) in [5, 5.41) is 11.6. The number of fused-ring (bicyclic) bond motifs is 2. The summed E-state index contributed by atoms with van der Waals surface area (Å²) < 4.78 is 2.44. The molecule has 0 saturated heterocycles. The molecule has 0 aliphatic rings. The van der Waals surface area contributed by atoms with Gasteiger partial charge in [0.15, 0.2) is 5.43 Å². The first-order valence-corrected chi connectivity index (χ1v) is 8.58. The Morgan fingerprint density at radius 3 is 2.43 bits per heavy atom. The molecule has 0 unspecified atom stereocenters. The second kappa shape index (κ2) is 6.24. The lowest BCUT2D eigenvalue weighted by Crippen LogP contribution is -2.40. The molecule has 4 aromatic rings. The first kappa shape index (κ1) is 17.8. The number of likely N-dealkylation sites (N-methyl/N-ethyl adjacent to an activating group) is 1. The normalized spacial score (nSPS) is 11.8. The molecular formula is C19H16N4O5. The summed E-state index contributed by atoms with van der Waals surface area (Å²) in [5.41, 5.74) is -1.24. The Morgan fingerprint density at radius 2 is 1.75 bits per heavy atom. The van der Waals surface area contributed by atoms with E-state index in [1.807, 2.05) is 19.0 Å². The van der Waals surface area contributed by atoms with Crippen molar-refractivity contribution in [1.82, 2.24) is 13.9 Å². The quantitative estimate of drug-likeness (QED) is 0.227. The predicted octanol–water partition coefficient (Wildman–Crippen LogP) is 1.04. The van der Waals surface area contributed by atoms with Gasteiger partial charge in [-0.15, -0.1) is 0 Å². The number of nitrogens with zero attached hydrogens (tertiary/aromatic N) is 4. The highest BCUT2D eigenvalue weighted by atomic mass is 16.6. The summed E-state index contributed by atoms with van der Waals surface area (Å²) in [6.45, 7) is 0.660. The van der Waals surface area contributed by atoms with Gasteiger partial charge in [-0.3, -0.25) is 28.7 Å². The zero-order valence-electron chi connectivity index (χ0n) is 15.2. The van der Waals surface area contributed by atoms with E-state index in [4.69, 9.17) is 0 Å². The van der Waals surface area contributed by atoms with Gasteiger partial charge in [0.1, 0.15) is 0 Å². The van der Waals surface area contributed by atoms with Crippen LogP contribution in [0.1, 0.15) is 0 Å². The summed E-state index contributed by atoms with van der Waals surface area (Å²) in [6.07, 6.45) is 0. The van der Waals surface area contributed by atoms with Crippen molar-refractivity contribution in [3.8, 4) is 0 Å². The Morgan fingerprint density at radius 1 is 1.04 bits per heavy atom. The Balaban J connectivity index is 2.25. The first-order valence-electron chi connectivity index (χ1n) is 8.58. The number of hydrogen-bond donors (Lipinski definition) is 0. The van der Waals surface area contributed by atoms with Crippen LogP contribution in [-0.4, -0.2) is 39.4 Å². The Hall–Kier alpha value is -3.59. The van der Waals surface area contributed by atoms with E-state index < -0.39 is 21.6 Å². The molecule has 0 bridgehead atoms. The molecule has 142 valence electrons. The van der Waals surface area contributed by atoms with E-state index in [9.17, 15) is 24.5 Å². The molecule has 4 rings (SSSR count). The van der Waals surface area contributed by atoms with Gasteiger partial charge in [-0.2, -0.15) is 0 Å². The first-order chi connectivity index (χ1) is 13.3. The molecule has 0 fully saturated rings. The fourth-order valence-electron chi connectivity index (χ4n) is 3.47. The second-order valence-corrected chi connectivity index (χ2v) is 6.87. The minimum Gasteiger partial charge on any atom is -0.308 e. The predicted molar refractivity (Wildman–Crippen MR) is 106 cm³/mol. The molecule has 0 radical (unpaired) electrons. The van der Waals surface area contributed by atoms with Gasteiger partial charge in [0.05, 0.1) is 26.7 Å². The van der Waals surface area contributed by atoms with Crippen molar-refractivity contribution >= 4 is 32.9 Å². The molecule has 0 spiro atoms. The lowest BCUT2D eigenvalue weighted by Gasteiger charge is -2.15. The van der Waals surface area contributed by atoms with Gasteiger partial charge in [-0.1, -0.05) is 6.07 Å². The van der Waals surface area contributed by atoms with Gasteiger partial charge < -0.3 is 4.90 Å². The second-order valence-electron chi connectivity index (χ2n) is 6.87. The fourth-order valence-corrected chi connectivity index (χ4v) is 3.47. The van der Waals surface area contributed by atoms with Crippen molar-refractivity contribution in [2.45, 2.75) is 6.54 Å². The number of rotatable bonds is 4. The highest BCUT2D eigenvalue weighted by Gasteiger charge is 2.19. The number of benzene rings is 2. The van der Waals surface area contributed by atoms with Gasteiger partial charge in [0, 0.05) is 30.6 Å². The maximum atomic E-state index is 13.2. The fraction of sp³-hybridized carbons (Fsp3) is 0.211. The number of non-ortho nitro benzene ring substituents is 1. The maximum absolute atomic E-state index is 13.2.